The van der Waals surface area contributed by atoms with Crippen molar-refractivity contribution < 1.29 is 4.79 Å². The van der Waals surface area contributed by atoms with E-state index in [1.54, 1.807) is 0 Å². The molecule has 1 amide bonds. The van der Waals surface area contributed by atoms with Crippen molar-refractivity contribution in [1.82, 2.24) is 0 Å². The maximum absolute atomic E-state index is 11.1. The molecule has 0 unspecified atom stereocenters. The lowest BCUT2D eigenvalue weighted by atomic mass is 10.2. The third kappa shape index (κ3) is 2.36. The molecular formula is C7H3Cl2N3O. The summed E-state index contributed by atoms with van der Waals surface area (Å²) in [4.78, 5) is 13.4. The van der Waals surface area contributed by atoms with Gasteiger partial charge in [0.15, 0.2) is 0 Å². The highest BCUT2D eigenvalue weighted by molar-refractivity contribution is 6.35. The van der Waals surface area contributed by atoms with Gasteiger partial charge >= 0.3 is 0 Å². The first-order chi connectivity index (χ1) is 6.15. The molecular weight excluding hydrogens is 213 g/mol. The topological polar surface area (TPSA) is 65.8 Å². The monoisotopic (exact) mass is 215 g/mol. The van der Waals surface area contributed by atoms with Crippen LogP contribution in [0.5, 0.6) is 0 Å². The summed E-state index contributed by atoms with van der Waals surface area (Å²) in [5.41, 5.74) is 8.12. The van der Waals surface area contributed by atoms with Crippen LogP contribution in [0.15, 0.2) is 23.3 Å². The largest absolute Gasteiger partial charge is 0.287 e. The quantitative estimate of drug-likeness (QED) is 0.402. The number of nitrogens with zero attached hydrogens (tertiary/aromatic N) is 3. The zero-order valence-electron chi connectivity index (χ0n) is 6.24. The maximum atomic E-state index is 11.1. The van der Waals surface area contributed by atoms with Crippen LogP contribution in [-0.4, -0.2) is 5.91 Å². The van der Waals surface area contributed by atoms with Gasteiger partial charge in [0.1, 0.15) is 0 Å². The molecule has 0 saturated carbocycles. The van der Waals surface area contributed by atoms with Crippen LogP contribution < -0.4 is 0 Å². The SMILES string of the molecule is [N-]=[N+]=NC(=O)c1cc(Cl)ccc1Cl. The first-order valence-corrected chi connectivity index (χ1v) is 3.95. The van der Waals surface area contributed by atoms with Crippen LogP contribution in [0.1, 0.15) is 10.4 Å². The number of hydrogen-bond acceptors (Lipinski definition) is 1. The molecule has 1 aromatic carbocycles. The normalized spacial score (nSPS) is 9.08. The van der Waals surface area contributed by atoms with E-state index >= 15 is 0 Å². The lowest BCUT2D eigenvalue weighted by Crippen LogP contribution is -1.93. The highest BCUT2D eigenvalue weighted by Gasteiger charge is 2.08. The molecule has 13 heavy (non-hydrogen) atoms. The molecule has 0 atom stereocenters. The van der Waals surface area contributed by atoms with Crippen molar-refractivity contribution in [1.29, 1.82) is 0 Å². The number of carbonyl (C=O) groups excluding carboxylic acids is 1. The minimum absolute atomic E-state index is 0.104. The summed E-state index contributed by atoms with van der Waals surface area (Å²) in [5.74, 6) is -0.741. The summed E-state index contributed by atoms with van der Waals surface area (Å²) in [5, 5.41) is 3.47. The predicted molar refractivity (Wildman–Crippen MR) is 49.9 cm³/mol. The maximum Gasteiger partial charge on any atom is 0.250 e. The average Bonchev–Trinajstić information content (AvgIpc) is 2.09. The molecule has 4 nitrogen and oxygen atoms in total. The van der Waals surface area contributed by atoms with Gasteiger partial charge in [-0.15, -0.1) is 0 Å². The Labute approximate surface area is 83.7 Å². The van der Waals surface area contributed by atoms with Gasteiger partial charge in [-0.2, -0.15) is 0 Å². The summed E-state index contributed by atoms with van der Waals surface area (Å²) in [6.45, 7) is 0. The average molecular weight is 216 g/mol. The highest BCUT2D eigenvalue weighted by atomic mass is 35.5. The second kappa shape index (κ2) is 4.14. The molecule has 0 fully saturated rings. The molecule has 0 aliphatic carbocycles. The second-order valence-corrected chi connectivity index (χ2v) is 2.96. The third-order valence-electron chi connectivity index (χ3n) is 1.29. The summed E-state index contributed by atoms with van der Waals surface area (Å²) < 4.78 is 0. The summed E-state index contributed by atoms with van der Waals surface area (Å²) in [6, 6.07) is 4.35. The Morgan fingerprint density at radius 3 is 2.77 bits per heavy atom. The van der Waals surface area contributed by atoms with Gasteiger partial charge in [0.25, 0.3) is 5.91 Å². The number of azide groups is 1. The van der Waals surface area contributed by atoms with E-state index in [4.69, 9.17) is 28.7 Å². The number of carbonyl (C=O) groups is 1. The Balaban J connectivity index is 3.20. The molecule has 0 radical (unpaired) electrons. The zero-order valence-corrected chi connectivity index (χ0v) is 7.75. The minimum atomic E-state index is -0.741. The summed E-state index contributed by atoms with van der Waals surface area (Å²) in [6.07, 6.45) is 0. The van der Waals surface area contributed by atoms with Gasteiger partial charge in [-0.05, 0) is 28.8 Å². The second-order valence-electron chi connectivity index (χ2n) is 2.12. The van der Waals surface area contributed by atoms with E-state index in [-0.39, 0.29) is 10.6 Å². The molecule has 0 spiro atoms. The van der Waals surface area contributed by atoms with E-state index < -0.39 is 5.91 Å². The number of hydrogen-bond donors (Lipinski definition) is 0. The summed E-state index contributed by atoms with van der Waals surface area (Å²) >= 11 is 11.3. The van der Waals surface area contributed by atoms with Gasteiger partial charge in [0.05, 0.1) is 5.02 Å². The van der Waals surface area contributed by atoms with Gasteiger partial charge in [0.2, 0.25) is 0 Å². The first kappa shape index (κ1) is 9.86. The molecule has 0 bridgehead atoms. The fourth-order valence-electron chi connectivity index (χ4n) is 0.756. The van der Waals surface area contributed by atoms with Crippen LogP contribution in [0.25, 0.3) is 10.4 Å². The van der Waals surface area contributed by atoms with E-state index in [0.29, 0.717) is 5.02 Å². The molecule has 0 aromatic heterocycles. The lowest BCUT2D eigenvalue weighted by molar-refractivity contribution is 0.100. The van der Waals surface area contributed by atoms with E-state index in [2.05, 4.69) is 10.0 Å². The molecule has 1 aromatic rings. The molecule has 6 heteroatoms. The van der Waals surface area contributed by atoms with Crippen molar-refractivity contribution in [3.63, 3.8) is 0 Å². The van der Waals surface area contributed by atoms with Crippen molar-refractivity contribution in [3.8, 4) is 0 Å². The van der Waals surface area contributed by atoms with Gasteiger partial charge in [-0.25, -0.2) is 0 Å². The first-order valence-electron chi connectivity index (χ1n) is 3.19. The smallest absolute Gasteiger partial charge is 0.250 e. The Morgan fingerprint density at radius 2 is 2.15 bits per heavy atom. The van der Waals surface area contributed by atoms with Crippen LogP contribution in [0.3, 0.4) is 0 Å². The lowest BCUT2D eigenvalue weighted by Gasteiger charge is -1.98. The molecule has 0 aliphatic heterocycles. The van der Waals surface area contributed by atoms with Crippen LogP contribution in [0.2, 0.25) is 10.0 Å². The molecule has 0 heterocycles. The Bertz CT molecular complexity index is 399. The van der Waals surface area contributed by atoms with Crippen molar-refractivity contribution in [2.75, 3.05) is 0 Å². The van der Waals surface area contributed by atoms with Crippen molar-refractivity contribution >= 4 is 29.1 Å². The van der Waals surface area contributed by atoms with E-state index in [0.717, 1.165) is 0 Å². The zero-order chi connectivity index (χ0) is 9.84. The molecule has 66 valence electrons. The number of benzene rings is 1. The predicted octanol–water partition coefficient (Wildman–Crippen LogP) is 3.44. The number of amides is 1. The van der Waals surface area contributed by atoms with E-state index in [1.807, 2.05) is 0 Å². The van der Waals surface area contributed by atoms with Gasteiger partial charge < -0.3 is 0 Å². The standard InChI is InChI=1S/C7H3Cl2N3O/c8-4-1-2-6(9)5(3-4)7(13)11-12-10/h1-3H. The van der Waals surface area contributed by atoms with Crippen LogP contribution in [0, 0.1) is 0 Å². The molecule has 0 saturated heterocycles. The Kier molecular flexibility index (Phi) is 3.14. The van der Waals surface area contributed by atoms with E-state index in [9.17, 15) is 4.79 Å². The fourth-order valence-corrected chi connectivity index (χ4v) is 1.13. The van der Waals surface area contributed by atoms with Crippen molar-refractivity contribution in [2.45, 2.75) is 0 Å². The number of halogens is 2. The Hall–Kier alpha value is -1.22. The number of rotatable bonds is 1. The van der Waals surface area contributed by atoms with Gasteiger partial charge in [-0.1, -0.05) is 23.2 Å². The fraction of sp³-hybridized carbons (Fsp3) is 0. The van der Waals surface area contributed by atoms with Gasteiger partial charge in [-0.3, -0.25) is 4.79 Å². The van der Waals surface area contributed by atoms with E-state index in [1.165, 1.54) is 18.2 Å². The summed E-state index contributed by atoms with van der Waals surface area (Å²) in [7, 11) is 0. The van der Waals surface area contributed by atoms with Crippen molar-refractivity contribution in [3.05, 3.63) is 44.3 Å². The molecule has 1 rings (SSSR count). The van der Waals surface area contributed by atoms with Crippen LogP contribution in [-0.2, 0) is 0 Å². The molecule has 0 aliphatic rings. The third-order valence-corrected chi connectivity index (χ3v) is 1.86. The van der Waals surface area contributed by atoms with Crippen LogP contribution in [0.4, 0.5) is 0 Å². The molecule has 0 N–H and O–H groups in total. The Morgan fingerprint density at radius 1 is 1.46 bits per heavy atom. The highest BCUT2D eigenvalue weighted by Crippen LogP contribution is 2.21. The van der Waals surface area contributed by atoms with Crippen molar-refractivity contribution in [2.24, 2.45) is 5.11 Å². The minimum Gasteiger partial charge on any atom is -0.287 e. The van der Waals surface area contributed by atoms with Crippen LogP contribution >= 0.6 is 23.2 Å². The van der Waals surface area contributed by atoms with Gasteiger partial charge in [0, 0.05) is 15.5 Å².